The SMILES string of the molecule is CC1CCC(O)(CNC(=O)C2(C)CCCNC2)CC1. The summed E-state index contributed by atoms with van der Waals surface area (Å²) >= 11 is 0. The second kappa shape index (κ2) is 5.80. The van der Waals surface area contributed by atoms with E-state index in [1.807, 2.05) is 6.92 Å². The van der Waals surface area contributed by atoms with Crippen LogP contribution in [-0.4, -0.2) is 36.2 Å². The van der Waals surface area contributed by atoms with E-state index < -0.39 is 5.60 Å². The van der Waals surface area contributed by atoms with Crippen LogP contribution in [0, 0.1) is 11.3 Å². The largest absolute Gasteiger partial charge is 0.388 e. The van der Waals surface area contributed by atoms with Crippen LogP contribution < -0.4 is 10.6 Å². The van der Waals surface area contributed by atoms with Crippen LogP contribution in [0.4, 0.5) is 0 Å². The average Bonchev–Trinajstić information content (AvgIpc) is 2.41. The normalized spacial score (nSPS) is 39.8. The number of piperidine rings is 1. The van der Waals surface area contributed by atoms with Crippen LogP contribution in [0.1, 0.15) is 52.4 Å². The van der Waals surface area contributed by atoms with Crippen LogP contribution in [0.3, 0.4) is 0 Å². The molecule has 4 nitrogen and oxygen atoms in total. The number of aliphatic hydroxyl groups is 1. The molecule has 1 saturated carbocycles. The maximum Gasteiger partial charge on any atom is 0.227 e. The van der Waals surface area contributed by atoms with Gasteiger partial charge in [-0.25, -0.2) is 0 Å². The molecule has 4 heteroatoms. The molecule has 110 valence electrons. The first-order valence-corrected chi connectivity index (χ1v) is 7.65. The smallest absolute Gasteiger partial charge is 0.227 e. The quantitative estimate of drug-likeness (QED) is 0.726. The highest BCUT2D eigenvalue weighted by Crippen LogP contribution is 2.32. The lowest BCUT2D eigenvalue weighted by Gasteiger charge is -2.37. The number of rotatable bonds is 3. The molecule has 1 amide bonds. The fourth-order valence-corrected chi connectivity index (χ4v) is 3.18. The summed E-state index contributed by atoms with van der Waals surface area (Å²) in [6.07, 6.45) is 5.72. The van der Waals surface area contributed by atoms with Gasteiger partial charge in [-0.2, -0.15) is 0 Å². The third kappa shape index (κ3) is 3.69. The van der Waals surface area contributed by atoms with Crippen molar-refractivity contribution in [2.75, 3.05) is 19.6 Å². The Balaban J connectivity index is 1.82. The molecule has 2 rings (SSSR count). The number of nitrogens with one attached hydrogen (secondary N) is 2. The number of hydrogen-bond donors (Lipinski definition) is 3. The Bertz CT molecular complexity index is 316. The summed E-state index contributed by atoms with van der Waals surface area (Å²) in [4.78, 5) is 12.3. The van der Waals surface area contributed by atoms with Gasteiger partial charge in [0, 0.05) is 13.1 Å². The van der Waals surface area contributed by atoms with E-state index in [-0.39, 0.29) is 11.3 Å². The lowest BCUT2D eigenvalue weighted by Crippen LogP contribution is -2.52. The van der Waals surface area contributed by atoms with Crippen LogP contribution in [0.25, 0.3) is 0 Å². The average molecular weight is 268 g/mol. The summed E-state index contributed by atoms with van der Waals surface area (Å²) in [7, 11) is 0. The molecular weight excluding hydrogens is 240 g/mol. The Kier molecular flexibility index (Phi) is 4.51. The maximum absolute atomic E-state index is 12.3. The van der Waals surface area contributed by atoms with Gasteiger partial charge in [0.15, 0.2) is 0 Å². The third-order valence-electron chi connectivity index (χ3n) is 4.93. The summed E-state index contributed by atoms with van der Waals surface area (Å²) in [5.74, 6) is 0.794. The van der Waals surface area contributed by atoms with Gasteiger partial charge in [-0.05, 0) is 57.9 Å². The Morgan fingerprint density at radius 2 is 2.05 bits per heavy atom. The van der Waals surface area contributed by atoms with Crippen molar-refractivity contribution in [3.63, 3.8) is 0 Å². The molecule has 0 aromatic carbocycles. The predicted molar refractivity (Wildman–Crippen MR) is 75.8 cm³/mol. The van der Waals surface area contributed by atoms with Gasteiger partial charge in [-0.15, -0.1) is 0 Å². The highest BCUT2D eigenvalue weighted by Gasteiger charge is 2.37. The lowest BCUT2D eigenvalue weighted by atomic mass is 9.78. The van der Waals surface area contributed by atoms with E-state index in [1.54, 1.807) is 0 Å². The van der Waals surface area contributed by atoms with E-state index in [1.165, 1.54) is 0 Å². The predicted octanol–water partition coefficient (Wildman–Crippen LogP) is 1.43. The van der Waals surface area contributed by atoms with Gasteiger partial charge in [-0.3, -0.25) is 4.79 Å². The Labute approximate surface area is 116 Å². The standard InChI is InChI=1S/C15H28N2O2/c1-12-4-7-15(19,8-5-12)11-17-13(18)14(2)6-3-9-16-10-14/h12,16,19H,3-11H2,1-2H3,(H,17,18). The lowest BCUT2D eigenvalue weighted by molar-refractivity contribution is -0.132. The van der Waals surface area contributed by atoms with Gasteiger partial charge in [0.05, 0.1) is 11.0 Å². The molecule has 1 aliphatic heterocycles. The van der Waals surface area contributed by atoms with E-state index in [0.717, 1.165) is 51.6 Å². The van der Waals surface area contributed by atoms with Gasteiger partial charge in [-0.1, -0.05) is 6.92 Å². The van der Waals surface area contributed by atoms with Crippen molar-refractivity contribution in [3.05, 3.63) is 0 Å². The molecule has 2 fully saturated rings. The first-order chi connectivity index (χ1) is 8.94. The summed E-state index contributed by atoms with van der Waals surface area (Å²) < 4.78 is 0. The van der Waals surface area contributed by atoms with Crippen molar-refractivity contribution in [2.45, 2.75) is 58.0 Å². The molecule has 0 bridgehead atoms. The third-order valence-corrected chi connectivity index (χ3v) is 4.93. The first kappa shape index (κ1) is 14.8. The molecule has 3 N–H and O–H groups in total. The molecule has 1 aliphatic carbocycles. The Hall–Kier alpha value is -0.610. The van der Waals surface area contributed by atoms with Crippen LogP contribution in [-0.2, 0) is 4.79 Å². The summed E-state index contributed by atoms with van der Waals surface area (Å²) in [6, 6.07) is 0. The van der Waals surface area contributed by atoms with Gasteiger partial charge < -0.3 is 15.7 Å². The Morgan fingerprint density at radius 1 is 1.37 bits per heavy atom. The minimum atomic E-state index is -0.680. The van der Waals surface area contributed by atoms with Crippen LogP contribution in [0.2, 0.25) is 0 Å². The Morgan fingerprint density at radius 3 is 2.63 bits per heavy atom. The van der Waals surface area contributed by atoms with Crippen LogP contribution >= 0.6 is 0 Å². The zero-order valence-corrected chi connectivity index (χ0v) is 12.3. The highest BCUT2D eigenvalue weighted by atomic mass is 16.3. The summed E-state index contributed by atoms with van der Waals surface area (Å²) in [5, 5.41) is 16.8. The zero-order chi connectivity index (χ0) is 13.9. The van der Waals surface area contributed by atoms with Gasteiger partial charge in [0.1, 0.15) is 0 Å². The molecule has 0 aromatic heterocycles. The minimum Gasteiger partial charge on any atom is -0.388 e. The molecule has 19 heavy (non-hydrogen) atoms. The van der Waals surface area contributed by atoms with Gasteiger partial charge in [0.25, 0.3) is 0 Å². The maximum atomic E-state index is 12.3. The topological polar surface area (TPSA) is 61.4 Å². The van der Waals surface area contributed by atoms with Gasteiger partial charge in [0.2, 0.25) is 5.91 Å². The summed E-state index contributed by atoms with van der Waals surface area (Å²) in [6.45, 7) is 6.40. The van der Waals surface area contributed by atoms with E-state index >= 15 is 0 Å². The molecule has 1 heterocycles. The molecular formula is C15H28N2O2. The number of carbonyl (C=O) groups is 1. The molecule has 1 unspecified atom stereocenters. The molecule has 1 atom stereocenters. The zero-order valence-electron chi connectivity index (χ0n) is 12.3. The van der Waals surface area contributed by atoms with Crippen molar-refractivity contribution >= 4 is 5.91 Å². The van der Waals surface area contributed by atoms with E-state index in [4.69, 9.17) is 0 Å². The van der Waals surface area contributed by atoms with E-state index in [2.05, 4.69) is 17.6 Å². The second-order valence-electron chi connectivity index (χ2n) is 6.93. The molecule has 2 aliphatic rings. The van der Waals surface area contributed by atoms with Crippen molar-refractivity contribution in [3.8, 4) is 0 Å². The van der Waals surface area contributed by atoms with E-state index in [0.29, 0.717) is 12.5 Å². The van der Waals surface area contributed by atoms with Crippen molar-refractivity contribution < 1.29 is 9.90 Å². The molecule has 1 saturated heterocycles. The van der Waals surface area contributed by atoms with Gasteiger partial charge >= 0.3 is 0 Å². The van der Waals surface area contributed by atoms with E-state index in [9.17, 15) is 9.90 Å². The van der Waals surface area contributed by atoms with Crippen LogP contribution in [0.15, 0.2) is 0 Å². The van der Waals surface area contributed by atoms with Crippen molar-refractivity contribution in [1.29, 1.82) is 0 Å². The number of hydrogen-bond acceptors (Lipinski definition) is 3. The fourth-order valence-electron chi connectivity index (χ4n) is 3.18. The van der Waals surface area contributed by atoms with Crippen molar-refractivity contribution in [1.82, 2.24) is 10.6 Å². The second-order valence-corrected chi connectivity index (χ2v) is 6.93. The monoisotopic (exact) mass is 268 g/mol. The number of amides is 1. The van der Waals surface area contributed by atoms with Crippen molar-refractivity contribution in [2.24, 2.45) is 11.3 Å². The highest BCUT2D eigenvalue weighted by molar-refractivity contribution is 5.82. The molecule has 0 radical (unpaired) electrons. The number of carbonyl (C=O) groups excluding carboxylic acids is 1. The molecule has 0 spiro atoms. The fraction of sp³-hybridized carbons (Fsp3) is 0.933. The van der Waals surface area contributed by atoms with Crippen LogP contribution in [0.5, 0.6) is 0 Å². The minimum absolute atomic E-state index is 0.0896. The summed E-state index contributed by atoms with van der Waals surface area (Å²) in [5.41, 5.74) is -0.989. The molecule has 0 aromatic rings. The first-order valence-electron chi connectivity index (χ1n) is 7.65.